The molecular formula is C10H11NO4. The molecule has 1 aromatic rings. The van der Waals surface area contributed by atoms with Crippen LogP contribution < -0.4 is 0 Å². The second-order valence-electron chi connectivity index (χ2n) is 2.80. The van der Waals surface area contributed by atoms with Crippen LogP contribution in [0.1, 0.15) is 12.5 Å². The fourth-order valence-corrected chi connectivity index (χ4v) is 1.04. The first-order valence-electron chi connectivity index (χ1n) is 4.34. The van der Waals surface area contributed by atoms with Crippen LogP contribution in [0, 0.1) is 5.41 Å². The number of aromatic hydroxyl groups is 2. The normalized spacial score (nSPS) is 9.67. The molecule has 0 heterocycles. The summed E-state index contributed by atoms with van der Waals surface area (Å²) in [6.07, 6.45) is 0. The van der Waals surface area contributed by atoms with Crippen molar-refractivity contribution in [2.75, 3.05) is 6.61 Å². The van der Waals surface area contributed by atoms with Crippen LogP contribution in [0.2, 0.25) is 0 Å². The average molecular weight is 209 g/mol. The van der Waals surface area contributed by atoms with E-state index in [0.29, 0.717) is 0 Å². The van der Waals surface area contributed by atoms with Gasteiger partial charge < -0.3 is 14.9 Å². The highest BCUT2D eigenvalue weighted by Gasteiger charge is 2.16. The Morgan fingerprint density at radius 3 is 2.67 bits per heavy atom. The van der Waals surface area contributed by atoms with Gasteiger partial charge in [-0.1, -0.05) is 0 Å². The van der Waals surface area contributed by atoms with Crippen molar-refractivity contribution < 1.29 is 19.7 Å². The van der Waals surface area contributed by atoms with Crippen molar-refractivity contribution in [1.82, 2.24) is 0 Å². The van der Waals surface area contributed by atoms with E-state index in [9.17, 15) is 9.90 Å². The third-order valence-electron chi connectivity index (χ3n) is 1.73. The molecule has 3 N–H and O–H groups in total. The van der Waals surface area contributed by atoms with Gasteiger partial charge in [-0.2, -0.15) is 0 Å². The summed E-state index contributed by atoms with van der Waals surface area (Å²) in [4.78, 5) is 11.2. The summed E-state index contributed by atoms with van der Waals surface area (Å²) in [5, 5.41) is 25.8. The number of phenols is 2. The standard InChI is InChI=1S/C10H11NO4/c1-2-15-10(14)9(11)7-4-3-6(12)5-8(7)13/h3-5,11-13H,2H2,1H3. The van der Waals surface area contributed by atoms with E-state index in [-0.39, 0.29) is 23.7 Å². The Kier molecular flexibility index (Phi) is 3.28. The first kappa shape index (κ1) is 11.0. The Balaban J connectivity index is 2.96. The number of phenolic OH excluding ortho intramolecular Hbond substituents is 2. The van der Waals surface area contributed by atoms with Crippen molar-refractivity contribution in [1.29, 1.82) is 5.41 Å². The van der Waals surface area contributed by atoms with Crippen LogP contribution in [0.15, 0.2) is 18.2 Å². The van der Waals surface area contributed by atoms with E-state index in [1.807, 2.05) is 0 Å². The molecule has 5 heteroatoms. The van der Waals surface area contributed by atoms with Crippen molar-refractivity contribution in [3.63, 3.8) is 0 Å². The van der Waals surface area contributed by atoms with E-state index in [0.717, 1.165) is 6.07 Å². The molecule has 0 saturated heterocycles. The largest absolute Gasteiger partial charge is 0.508 e. The SMILES string of the molecule is CCOC(=O)C(=N)c1ccc(O)cc1O. The number of esters is 1. The number of ether oxygens (including phenoxy) is 1. The molecule has 0 aliphatic heterocycles. The number of rotatable bonds is 3. The fourth-order valence-electron chi connectivity index (χ4n) is 1.04. The third kappa shape index (κ3) is 2.46. The van der Waals surface area contributed by atoms with Crippen LogP contribution in [0.5, 0.6) is 11.5 Å². The van der Waals surface area contributed by atoms with Gasteiger partial charge in [-0.15, -0.1) is 0 Å². The minimum absolute atomic E-state index is 0.0336. The quantitative estimate of drug-likeness (QED) is 0.512. The van der Waals surface area contributed by atoms with E-state index in [4.69, 9.17) is 10.5 Å². The Hall–Kier alpha value is -2.04. The highest BCUT2D eigenvalue weighted by molar-refractivity contribution is 6.42. The molecule has 0 aromatic heterocycles. The van der Waals surface area contributed by atoms with Crippen molar-refractivity contribution in [3.8, 4) is 11.5 Å². The topological polar surface area (TPSA) is 90.6 Å². The molecule has 5 nitrogen and oxygen atoms in total. The lowest BCUT2D eigenvalue weighted by Crippen LogP contribution is -2.17. The van der Waals surface area contributed by atoms with Crippen LogP contribution in [0.4, 0.5) is 0 Å². The minimum Gasteiger partial charge on any atom is -0.508 e. The second kappa shape index (κ2) is 4.45. The average Bonchev–Trinajstić information content (AvgIpc) is 2.17. The van der Waals surface area contributed by atoms with Gasteiger partial charge in [-0.3, -0.25) is 5.41 Å². The molecule has 0 bridgehead atoms. The lowest BCUT2D eigenvalue weighted by atomic mass is 10.1. The molecule has 1 rings (SSSR count). The van der Waals surface area contributed by atoms with Crippen LogP contribution in [-0.4, -0.2) is 28.5 Å². The van der Waals surface area contributed by atoms with Gasteiger partial charge in [0.1, 0.15) is 11.5 Å². The maximum absolute atomic E-state index is 11.2. The van der Waals surface area contributed by atoms with Gasteiger partial charge in [0, 0.05) is 11.6 Å². The minimum atomic E-state index is -0.807. The summed E-state index contributed by atoms with van der Waals surface area (Å²) < 4.78 is 4.61. The fraction of sp³-hybridized carbons (Fsp3) is 0.200. The van der Waals surface area contributed by atoms with Gasteiger partial charge in [0.15, 0.2) is 5.71 Å². The molecule has 0 saturated carbocycles. The Labute approximate surface area is 86.4 Å². The zero-order valence-corrected chi connectivity index (χ0v) is 8.15. The number of nitrogens with one attached hydrogen (secondary N) is 1. The Bertz CT molecular complexity index is 400. The van der Waals surface area contributed by atoms with Gasteiger partial charge >= 0.3 is 5.97 Å². The maximum Gasteiger partial charge on any atom is 0.356 e. The summed E-state index contributed by atoms with van der Waals surface area (Å²) in [5.74, 6) is -1.26. The van der Waals surface area contributed by atoms with Gasteiger partial charge in [0.05, 0.1) is 6.61 Å². The maximum atomic E-state index is 11.2. The number of carbonyl (C=O) groups is 1. The number of benzene rings is 1. The predicted molar refractivity (Wildman–Crippen MR) is 53.2 cm³/mol. The monoisotopic (exact) mass is 209 g/mol. The lowest BCUT2D eigenvalue weighted by molar-refractivity contribution is -0.135. The third-order valence-corrected chi connectivity index (χ3v) is 1.73. The zero-order valence-electron chi connectivity index (χ0n) is 8.15. The van der Waals surface area contributed by atoms with Crippen molar-refractivity contribution >= 4 is 11.7 Å². The van der Waals surface area contributed by atoms with Crippen LogP contribution >= 0.6 is 0 Å². The highest BCUT2D eigenvalue weighted by atomic mass is 16.5. The van der Waals surface area contributed by atoms with E-state index in [1.54, 1.807) is 6.92 Å². The molecule has 0 fully saturated rings. The Morgan fingerprint density at radius 2 is 2.13 bits per heavy atom. The molecule has 0 radical (unpaired) electrons. The number of carbonyl (C=O) groups excluding carboxylic acids is 1. The van der Waals surface area contributed by atoms with E-state index in [1.165, 1.54) is 12.1 Å². The van der Waals surface area contributed by atoms with E-state index in [2.05, 4.69) is 4.74 Å². The van der Waals surface area contributed by atoms with Gasteiger partial charge in [0.2, 0.25) is 0 Å². The van der Waals surface area contributed by atoms with Crippen LogP contribution in [0.3, 0.4) is 0 Å². The Morgan fingerprint density at radius 1 is 1.47 bits per heavy atom. The van der Waals surface area contributed by atoms with Crippen molar-refractivity contribution in [2.24, 2.45) is 0 Å². The summed E-state index contributed by atoms with van der Waals surface area (Å²) >= 11 is 0. The van der Waals surface area contributed by atoms with E-state index >= 15 is 0 Å². The molecule has 0 amide bonds. The molecule has 0 unspecified atom stereocenters. The summed E-state index contributed by atoms with van der Waals surface area (Å²) in [7, 11) is 0. The molecule has 0 aliphatic carbocycles. The second-order valence-corrected chi connectivity index (χ2v) is 2.80. The molecule has 0 aliphatic rings. The lowest BCUT2D eigenvalue weighted by Gasteiger charge is -2.05. The van der Waals surface area contributed by atoms with Gasteiger partial charge in [0.25, 0.3) is 0 Å². The highest BCUT2D eigenvalue weighted by Crippen LogP contribution is 2.23. The number of hydrogen-bond acceptors (Lipinski definition) is 5. The van der Waals surface area contributed by atoms with Crippen LogP contribution in [0.25, 0.3) is 0 Å². The van der Waals surface area contributed by atoms with Crippen LogP contribution in [-0.2, 0) is 9.53 Å². The van der Waals surface area contributed by atoms with Crippen molar-refractivity contribution in [3.05, 3.63) is 23.8 Å². The smallest absolute Gasteiger partial charge is 0.356 e. The van der Waals surface area contributed by atoms with Crippen molar-refractivity contribution in [2.45, 2.75) is 6.92 Å². The molecule has 15 heavy (non-hydrogen) atoms. The first-order chi connectivity index (χ1) is 7.06. The molecule has 80 valence electrons. The molecule has 1 aromatic carbocycles. The summed E-state index contributed by atoms with van der Waals surface area (Å²) in [6, 6.07) is 3.62. The first-order valence-corrected chi connectivity index (χ1v) is 4.34. The summed E-state index contributed by atoms with van der Waals surface area (Å²) in [5.41, 5.74) is -0.402. The van der Waals surface area contributed by atoms with E-state index < -0.39 is 11.7 Å². The molecule has 0 atom stereocenters. The predicted octanol–water partition coefficient (Wildman–Crippen LogP) is 1.03. The molecular weight excluding hydrogens is 198 g/mol. The summed E-state index contributed by atoms with van der Waals surface area (Å²) in [6.45, 7) is 1.79. The molecule has 0 spiro atoms. The van der Waals surface area contributed by atoms with Gasteiger partial charge in [-0.25, -0.2) is 4.79 Å². The number of hydrogen-bond donors (Lipinski definition) is 3. The van der Waals surface area contributed by atoms with Gasteiger partial charge in [-0.05, 0) is 19.1 Å². The zero-order chi connectivity index (χ0) is 11.4.